The molecular weight excluding hydrogens is 272 g/mol. The summed E-state index contributed by atoms with van der Waals surface area (Å²) in [5, 5.41) is 18.6. The van der Waals surface area contributed by atoms with Gasteiger partial charge >= 0.3 is 0 Å². The molecule has 0 amide bonds. The molecule has 21 heavy (non-hydrogen) atoms. The van der Waals surface area contributed by atoms with Gasteiger partial charge in [-0.25, -0.2) is 0 Å². The van der Waals surface area contributed by atoms with E-state index in [0.717, 1.165) is 17.2 Å². The Morgan fingerprint density at radius 1 is 1.43 bits per heavy atom. The van der Waals surface area contributed by atoms with Crippen molar-refractivity contribution < 1.29 is 14.5 Å². The second-order valence-electron chi connectivity index (χ2n) is 4.46. The van der Waals surface area contributed by atoms with Crippen LogP contribution in [0.15, 0.2) is 40.0 Å². The third kappa shape index (κ3) is 4.50. The average Bonchev–Trinajstić information content (AvgIpc) is 2.92. The molecule has 0 fully saturated rings. The summed E-state index contributed by atoms with van der Waals surface area (Å²) in [7, 11) is 0. The quantitative estimate of drug-likeness (QED) is 0.233. The molecule has 2 aromatic rings. The van der Waals surface area contributed by atoms with Gasteiger partial charge in [0, 0.05) is 24.7 Å². The van der Waals surface area contributed by atoms with Crippen molar-refractivity contribution in [2.45, 2.75) is 13.5 Å². The second kappa shape index (κ2) is 7.30. The van der Waals surface area contributed by atoms with Crippen molar-refractivity contribution in [3.8, 4) is 5.75 Å². The van der Waals surface area contributed by atoms with Crippen LogP contribution >= 0.6 is 0 Å². The molecule has 112 valence electrons. The molecule has 0 bridgehead atoms. The predicted octanol–water partition coefficient (Wildman–Crippen LogP) is 1.25. The fraction of sp³-hybridized carbons (Fsp3) is 0.286. The standard InChI is InChI=1S/C14H18N4O3/c1-10-8-12(18-21-10)9-16-6-7-20-13-4-2-11(3-5-13)14(15)17-19/h2-5,8,16,19H,6-7,9H2,1H3,(H2,15,17). The van der Waals surface area contributed by atoms with E-state index >= 15 is 0 Å². The first-order valence-electron chi connectivity index (χ1n) is 6.52. The van der Waals surface area contributed by atoms with Gasteiger partial charge in [-0.05, 0) is 31.2 Å². The van der Waals surface area contributed by atoms with Crippen molar-refractivity contribution in [2.75, 3.05) is 13.2 Å². The predicted molar refractivity (Wildman–Crippen MR) is 77.4 cm³/mol. The highest BCUT2D eigenvalue weighted by Gasteiger charge is 2.01. The van der Waals surface area contributed by atoms with E-state index in [1.807, 2.05) is 13.0 Å². The lowest BCUT2D eigenvalue weighted by molar-refractivity contribution is 0.312. The Kier molecular flexibility index (Phi) is 5.16. The van der Waals surface area contributed by atoms with Crippen LogP contribution < -0.4 is 15.8 Å². The topological polar surface area (TPSA) is 106 Å². The fourth-order valence-electron chi connectivity index (χ4n) is 1.74. The first-order valence-corrected chi connectivity index (χ1v) is 6.52. The van der Waals surface area contributed by atoms with E-state index in [1.165, 1.54) is 0 Å². The molecule has 0 aliphatic carbocycles. The lowest BCUT2D eigenvalue weighted by Crippen LogP contribution is -2.20. The molecule has 7 heteroatoms. The number of amidine groups is 1. The molecule has 1 aromatic carbocycles. The summed E-state index contributed by atoms with van der Waals surface area (Å²) in [5.41, 5.74) is 6.99. The lowest BCUT2D eigenvalue weighted by Gasteiger charge is -2.07. The smallest absolute Gasteiger partial charge is 0.170 e. The van der Waals surface area contributed by atoms with E-state index in [2.05, 4.69) is 15.6 Å². The molecule has 0 saturated heterocycles. The van der Waals surface area contributed by atoms with Crippen LogP contribution in [0.2, 0.25) is 0 Å². The zero-order valence-electron chi connectivity index (χ0n) is 11.7. The van der Waals surface area contributed by atoms with Crippen molar-refractivity contribution >= 4 is 5.84 Å². The van der Waals surface area contributed by atoms with Crippen molar-refractivity contribution in [3.05, 3.63) is 47.3 Å². The molecule has 0 saturated carbocycles. The van der Waals surface area contributed by atoms with Crippen LogP contribution in [0.1, 0.15) is 17.0 Å². The van der Waals surface area contributed by atoms with Crippen molar-refractivity contribution in [3.63, 3.8) is 0 Å². The molecule has 4 N–H and O–H groups in total. The van der Waals surface area contributed by atoms with Crippen LogP contribution in [0, 0.1) is 6.92 Å². The molecular formula is C14H18N4O3. The number of aromatic nitrogens is 1. The molecule has 0 atom stereocenters. The Labute approximate surface area is 122 Å². The third-order valence-electron chi connectivity index (χ3n) is 2.79. The van der Waals surface area contributed by atoms with Crippen molar-refractivity contribution in [2.24, 2.45) is 10.9 Å². The number of nitrogens with zero attached hydrogens (tertiary/aromatic N) is 2. The van der Waals surface area contributed by atoms with E-state index in [4.69, 9.17) is 20.2 Å². The first-order chi connectivity index (χ1) is 10.2. The minimum absolute atomic E-state index is 0.0751. The summed E-state index contributed by atoms with van der Waals surface area (Å²) in [6.45, 7) is 3.72. The maximum Gasteiger partial charge on any atom is 0.170 e. The van der Waals surface area contributed by atoms with Gasteiger partial charge in [0.15, 0.2) is 5.84 Å². The maximum absolute atomic E-state index is 8.57. The zero-order valence-corrected chi connectivity index (χ0v) is 11.7. The van der Waals surface area contributed by atoms with Gasteiger partial charge in [-0.15, -0.1) is 0 Å². The van der Waals surface area contributed by atoms with Gasteiger partial charge < -0.3 is 25.5 Å². The minimum atomic E-state index is 0.0751. The Morgan fingerprint density at radius 3 is 2.81 bits per heavy atom. The van der Waals surface area contributed by atoms with Crippen LogP contribution in [0.4, 0.5) is 0 Å². The molecule has 0 unspecified atom stereocenters. The molecule has 2 rings (SSSR count). The van der Waals surface area contributed by atoms with E-state index in [9.17, 15) is 0 Å². The van der Waals surface area contributed by atoms with Crippen molar-refractivity contribution in [1.82, 2.24) is 10.5 Å². The largest absolute Gasteiger partial charge is 0.492 e. The van der Waals surface area contributed by atoms with Crippen LogP contribution in [0.25, 0.3) is 0 Å². The van der Waals surface area contributed by atoms with Gasteiger partial charge in [-0.1, -0.05) is 10.3 Å². The van der Waals surface area contributed by atoms with E-state index < -0.39 is 0 Å². The van der Waals surface area contributed by atoms with Gasteiger partial charge in [-0.2, -0.15) is 0 Å². The average molecular weight is 290 g/mol. The lowest BCUT2D eigenvalue weighted by atomic mass is 10.2. The Balaban J connectivity index is 1.69. The first kappa shape index (κ1) is 14.9. The molecule has 0 radical (unpaired) electrons. The van der Waals surface area contributed by atoms with Crippen LogP contribution in [-0.4, -0.2) is 29.4 Å². The van der Waals surface area contributed by atoms with Crippen molar-refractivity contribution in [1.29, 1.82) is 0 Å². The zero-order chi connectivity index (χ0) is 15.1. The van der Waals surface area contributed by atoms with E-state index in [-0.39, 0.29) is 5.84 Å². The summed E-state index contributed by atoms with van der Waals surface area (Å²) in [6, 6.07) is 8.90. The number of hydrogen-bond acceptors (Lipinski definition) is 6. The summed E-state index contributed by atoms with van der Waals surface area (Å²) in [4.78, 5) is 0. The van der Waals surface area contributed by atoms with Crippen LogP contribution in [0.3, 0.4) is 0 Å². The summed E-state index contributed by atoms with van der Waals surface area (Å²) in [6.07, 6.45) is 0. The highest BCUT2D eigenvalue weighted by atomic mass is 16.5. The summed E-state index contributed by atoms with van der Waals surface area (Å²) < 4.78 is 10.5. The number of aryl methyl sites for hydroxylation is 1. The van der Waals surface area contributed by atoms with E-state index in [0.29, 0.717) is 25.3 Å². The third-order valence-corrected chi connectivity index (χ3v) is 2.79. The summed E-state index contributed by atoms with van der Waals surface area (Å²) >= 11 is 0. The number of benzene rings is 1. The highest BCUT2D eigenvalue weighted by Crippen LogP contribution is 2.11. The molecule has 0 spiro atoms. The Hall–Kier alpha value is -2.54. The normalized spacial score (nSPS) is 11.6. The van der Waals surface area contributed by atoms with Gasteiger partial charge in [0.05, 0.1) is 5.69 Å². The van der Waals surface area contributed by atoms with Gasteiger partial charge in [-0.3, -0.25) is 0 Å². The number of rotatable bonds is 7. The Bertz CT molecular complexity index is 593. The maximum atomic E-state index is 8.57. The van der Waals surface area contributed by atoms with E-state index in [1.54, 1.807) is 24.3 Å². The number of nitrogens with two attached hydrogens (primary N) is 1. The van der Waals surface area contributed by atoms with Crippen LogP contribution in [-0.2, 0) is 6.54 Å². The number of hydrogen-bond donors (Lipinski definition) is 3. The molecule has 1 aromatic heterocycles. The molecule has 0 aliphatic heterocycles. The SMILES string of the molecule is Cc1cc(CNCCOc2ccc(C(N)=NO)cc2)no1. The number of nitrogens with one attached hydrogen (secondary N) is 1. The van der Waals surface area contributed by atoms with Gasteiger partial charge in [0.2, 0.25) is 0 Å². The summed E-state index contributed by atoms with van der Waals surface area (Å²) in [5.74, 6) is 1.60. The molecule has 7 nitrogen and oxygen atoms in total. The number of oxime groups is 1. The Morgan fingerprint density at radius 2 is 2.19 bits per heavy atom. The molecule has 0 aliphatic rings. The molecule has 1 heterocycles. The minimum Gasteiger partial charge on any atom is -0.492 e. The second-order valence-corrected chi connectivity index (χ2v) is 4.46. The van der Waals surface area contributed by atoms with Gasteiger partial charge in [0.25, 0.3) is 0 Å². The van der Waals surface area contributed by atoms with Crippen LogP contribution in [0.5, 0.6) is 5.75 Å². The number of ether oxygens (including phenoxy) is 1. The van der Waals surface area contributed by atoms with Gasteiger partial charge in [0.1, 0.15) is 18.1 Å². The fourth-order valence-corrected chi connectivity index (χ4v) is 1.74. The monoisotopic (exact) mass is 290 g/mol. The highest BCUT2D eigenvalue weighted by molar-refractivity contribution is 5.97.